The van der Waals surface area contributed by atoms with Crippen LogP contribution in [0.25, 0.3) is 0 Å². The highest BCUT2D eigenvalue weighted by Crippen LogP contribution is 2.08. The standard InChI is InChI=1S/C12H11P.C3H6.C2H4/c1-3-7-11(8-4-1)13-12-9-5-2-6-10-12;1-3-2;1-2/h1-10,13H;3H,1H2,2H3;1-2H2. The third kappa shape index (κ3) is 7.60. The van der Waals surface area contributed by atoms with Gasteiger partial charge in [0.1, 0.15) is 0 Å². The average molecular weight is 256 g/mol. The topological polar surface area (TPSA) is 0 Å². The van der Waals surface area contributed by atoms with Crippen LogP contribution in [0.5, 0.6) is 0 Å². The van der Waals surface area contributed by atoms with Crippen molar-refractivity contribution in [2.75, 3.05) is 0 Å². The molecule has 0 radical (unpaired) electrons. The first-order chi connectivity index (χ1) is 8.86. The molecule has 0 aromatic heterocycles. The molecule has 2 aromatic rings. The van der Waals surface area contributed by atoms with E-state index in [4.69, 9.17) is 0 Å². The Hall–Kier alpha value is -1.65. The van der Waals surface area contributed by atoms with Crippen molar-refractivity contribution in [1.82, 2.24) is 0 Å². The molecule has 94 valence electrons. The number of hydrogen-bond donors (Lipinski definition) is 0. The van der Waals surface area contributed by atoms with E-state index in [-0.39, 0.29) is 0 Å². The van der Waals surface area contributed by atoms with Crippen LogP contribution in [0.2, 0.25) is 0 Å². The molecule has 0 atom stereocenters. The van der Waals surface area contributed by atoms with Crippen molar-refractivity contribution in [2.45, 2.75) is 6.92 Å². The highest BCUT2D eigenvalue weighted by atomic mass is 31.1. The van der Waals surface area contributed by atoms with E-state index in [1.54, 1.807) is 6.08 Å². The minimum atomic E-state index is 0.777. The molecule has 0 aliphatic rings. The van der Waals surface area contributed by atoms with E-state index in [0.717, 1.165) is 8.58 Å². The lowest BCUT2D eigenvalue weighted by Gasteiger charge is -2.00. The Balaban J connectivity index is 0.000000509. The fraction of sp³-hybridized carbons (Fsp3) is 0.0588. The molecule has 0 saturated heterocycles. The van der Waals surface area contributed by atoms with Crippen LogP contribution in [-0.4, -0.2) is 0 Å². The molecular formula is C17H21P. The monoisotopic (exact) mass is 256 g/mol. The van der Waals surface area contributed by atoms with E-state index in [1.807, 2.05) is 6.92 Å². The van der Waals surface area contributed by atoms with Crippen molar-refractivity contribution < 1.29 is 0 Å². The molecule has 0 nitrogen and oxygen atoms in total. The zero-order chi connectivity index (χ0) is 13.6. The summed E-state index contributed by atoms with van der Waals surface area (Å²) < 4.78 is 0. The number of rotatable bonds is 2. The molecule has 0 spiro atoms. The van der Waals surface area contributed by atoms with E-state index < -0.39 is 0 Å². The van der Waals surface area contributed by atoms with Gasteiger partial charge in [0, 0.05) is 0 Å². The molecular weight excluding hydrogens is 235 g/mol. The molecule has 0 aliphatic heterocycles. The maximum absolute atomic E-state index is 3.36. The quantitative estimate of drug-likeness (QED) is 0.555. The average Bonchev–Trinajstić information content (AvgIpc) is 2.44. The van der Waals surface area contributed by atoms with Crippen LogP contribution in [0.15, 0.2) is 86.5 Å². The summed E-state index contributed by atoms with van der Waals surface area (Å²) in [5.41, 5.74) is 0. The van der Waals surface area contributed by atoms with Crippen LogP contribution in [-0.2, 0) is 0 Å². The van der Waals surface area contributed by atoms with Gasteiger partial charge in [0.2, 0.25) is 0 Å². The molecule has 18 heavy (non-hydrogen) atoms. The van der Waals surface area contributed by atoms with Crippen LogP contribution in [0.1, 0.15) is 6.92 Å². The summed E-state index contributed by atoms with van der Waals surface area (Å²) in [6.07, 6.45) is 1.75. The Morgan fingerprint density at radius 1 is 0.778 bits per heavy atom. The number of benzene rings is 2. The van der Waals surface area contributed by atoms with Crippen LogP contribution in [0, 0.1) is 0 Å². The lowest BCUT2D eigenvalue weighted by molar-refractivity contribution is 1.76. The van der Waals surface area contributed by atoms with Gasteiger partial charge in [-0.15, -0.1) is 19.7 Å². The first-order valence-electron chi connectivity index (χ1n) is 5.81. The summed E-state index contributed by atoms with van der Waals surface area (Å²) in [6.45, 7) is 11.2. The zero-order valence-electron chi connectivity index (χ0n) is 11.0. The van der Waals surface area contributed by atoms with Gasteiger partial charge >= 0.3 is 0 Å². The lowest BCUT2D eigenvalue weighted by Crippen LogP contribution is -2.01. The minimum absolute atomic E-state index is 0.777. The van der Waals surface area contributed by atoms with E-state index in [1.165, 1.54) is 10.6 Å². The summed E-state index contributed by atoms with van der Waals surface area (Å²) in [5, 5.41) is 2.79. The van der Waals surface area contributed by atoms with Crippen LogP contribution >= 0.6 is 8.58 Å². The van der Waals surface area contributed by atoms with Crippen LogP contribution in [0.3, 0.4) is 0 Å². The third-order valence-corrected chi connectivity index (χ3v) is 3.08. The van der Waals surface area contributed by atoms with Gasteiger partial charge in [-0.05, 0) is 17.5 Å². The molecule has 0 bridgehead atoms. The SMILES string of the molecule is C=C.C=CC.c1ccc(Pc2ccccc2)cc1. The second-order valence-electron chi connectivity index (χ2n) is 3.27. The van der Waals surface area contributed by atoms with Crippen molar-refractivity contribution in [1.29, 1.82) is 0 Å². The molecule has 0 unspecified atom stereocenters. The first-order valence-corrected chi connectivity index (χ1v) is 6.81. The summed E-state index contributed by atoms with van der Waals surface area (Å²) in [6, 6.07) is 21.2. The molecule has 0 saturated carbocycles. The predicted octanol–water partition coefficient (Wildman–Crippen LogP) is 4.31. The Labute approximate surface area is 113 Å². The Bertz CT molecular complexity index is 369. The largest absolute Gasteiger partial charge is 0.106 e. The van der Waals surface area contributed by atoms with Gasteiger partial charge < -0.3 is 0 Å². The summed E-state index contributed by atoms with van der Waals surface area (Å²) >= 11 is 0. The Kier molecular flexibility index (Phi) is 10.7. The first kappa shape index (κ1) is 16.4. The smallest absolute Gasteiger partial charge is 0.0226 e. The van der Waals surface area contributed by atoms with Gasteiger partial charge in [0.15, 0.2) is 0 Å². The van der Waals surface area contributed by atoms with Crippen molar-refractivity contribution in [3.63, 3.8) is 0 Å². The van der Waals surface area contributed by atoms with Crippen molar-refractivity contribution in [3.8, 4) is 0 Å². The zero-order valence-corrected chi connectivity index (χ0v) is 12.0. The van der Waals surface area contributed by atoms with Crippen LogP contribution in [0.4, 0.5) is 0 Å². The highest BCUT2D eigenvalue weighted by molar-refractivity contribution is 7.55. The maximum atomic E-state index is 3.36. The van der Waals surface area contributed by atoms with Gasteiger partial charge in [-0.3, -0.25) is 0 Å². The highest BCUT2D eigenvalue weighted by Gasteiger charge is 1.92. The summed E-state index contributed by atoms with van der Waals surface area (Å²) in [5.74, 6) is 0. The van der Waals surface area contributed by atoms with E-state index in [0.29, 0.717) is 0 Å². The fourth-order valence-electron chi connectivity index (χ4n) is 1.21. The van der Waals surface area contributed by atoms with Crippen molar-refractivity contribution >= 4 is 19.2 Å². The number of hydrogen-bond acceptors (Lipinski definition) is 0. The molecule has 0 aliphatic carbocycles. The molecule has 2 rings (SSSR count). The van der Waals surface area contributed by atoms with E-state index >= 15 is 0 Å². The van der Waals surface area contributed by atoms with Gasteiger partial charge in [0.05, 0.1) is 0 Å². The molecule has 0 amide bonds. The van der Waals surface area contributed by atoms with Gasteiger partial charge in [-0.1, -0.05) is 75.3 Å². The summed E-state index contributed by atoms with van der Waals surface area (Å²) in [7, 11) is 0.777. The second-order valence-corrected chi connectivity index (χ2v) is 4.67. The van der Waals surface area contributed by atoms with E-state index in [9.17, 15) is 0 Å². The van der Waals surface area contributed by atoms with Gasteiger partial charge in [-0.2, -0.15) is 0 Å². The Morgan fingerprint density at radius 3 is 1.33 bits per heavy atom. The summed E-state index contributed by atoms with van der Waals surface area (Å²) in [4.78, 5) is 0. The lowest BCUT2D eigenvalue weighted by atomic mass is 10.4. The molecule has 0 fully saturated rings. The molecule has 0 N–H and O–H groups in total. The minimum Gasteiger partial charge on any atom is -0.106 e. The maximum Gasteiger partial charge on any atom is -0.0226 e. The second kappa shape index (κ2) is 11.8. The predicted molar refractivity (Wildman–Crippen MR) is 87.6 cm³/mol. The molecule has 1 heteroatoms. The van der Waals surface area contributed by atoms with E-state index in [2.05, 4.69) is 80.4 Å². The van der Waals surface area contributed by atoms with Crippen LogP contribution < -0.4 is 10.6 Å². The van der Waals surface area contributed by atoms with Gasteiger partial charge in [-0.25, -0.2) is 0 Å². The fourth-order valence-corrected chi connectivity index (χ4v) is 2.26. The van der Waals surface area contributed by atoms with Crippen molar-refractivity contribution in [2.24, 2.45) is 0 Å². The molecule has 2 aromatic carbocycles. The number of allylic oxidation sites excluding steroid dienone is 1. The van der Waals surface area contributed by atoms with Gasteiger partial charge in [0.25, 0.3) is 0 Å². The molecule has 0 heterocycles. The third-order valence-electron chi connectivity index (χ3n) is 1.84. The normalized spacial score (nSPS) is 8.06. The van der Waals surface area contributed by atoms with Crippen molar-refractivity contribution in [3.05, 3.63) is 86.5 Å². The Morgan fingerprint density at radius 2 is 1.06 bits per heavy atom.